The highest BCUT2D eigenvalue weighted by Gasteiger charge is 2.21. The molecule has 1 rings (SSSR count). The number of aromatic carboxylic acids is 1. The molecule has 0 aliphatic rings. The van der Waals surface area contributed by atoms with Crippen LogP contribution in [-0.2, 0) is 4.74 Å². The SMILES string of the molecule is COCC(Nc1nnc(C)c(C)c1C(=O)O)C(C)C. The van der Waals surface area contributed by atoms with Crippen LogP contribution in [0, 0.1) is 19.8 Å². The summed E-state index contributed by atoms with van der Waals surface area (Å²) in [6.45, 7) is 8.02. The van der Waals surface area contributed by atoms with E-state index in [1.54, 1.807) is 21.0 Å². The summed E-state index contributed by atoms with van der Waals surface area (Å²) in [5.41, 5.74) is 1.43. The van der Waals surface area contributed by atoms with Crippen molar-refractivity contribution in [3.63, 3.8) is 0 Å². The lowest BCUT2D eigenvalue weighted by Crippen LogP contribution is -2.32. The van der Waals surface area contributed by atoms with Crippen LogP contribution in [-0.4, -0.2) is 41.0 Å². The predicted molar refractivity (Wildman–Crippen MR) is 72.6 cm³/mol. The molecule has 1 aromatic rings. The molecule has 0 aliphatic carbocycles. The van der Waals surface area contributed by atoms with E-state index in [2.05, 4.69) is 15.5 Å². The first-order valence-electron chi connectivity index (χ1n) is 6.21. The lowest BCUT2D eigenvalue weighted by Gasteiger charge is -2.23. The van der Waals surface area contributed by atoms with E-state index in [9.17, 15) is 9.90 Å². The normalized spacial score (nSPS) is 12.5. The van der Waals surface area contributed by atoms with Gasteiger partial charge in [-0.2, -0.15) is 5.10 Å². The molecule has 19 heavy (non-hydrogen) atoms. The highest BCUT2D eigenvalue weighted by molar-refractivity contribution is 5.94. The summed E-state index contributed by atoms with van der Waals surface area (Å²) in [4.78, 5) is 11.4. The summed E-state index contributed by atoms with van der Waals surface area (Å²) in [7, 11) is 1.61. The predicted octanol–water partition coefficient (Wildman–Crippen LogP) is 1.87. The van der Waals surface area contributed by atoms with E-state index in [0.29, 0.717) is 23.7 Å². The van der Waals surface area contributed by atoms with Crippen LogP contribution in [0.25, 0.3) is 0 Å². The Morgan fingerprint density at radius 3 is 2.47 bits per heavy atom. The fourth-order valence-electron chi connectivity index (χ4n) is 1.73. The molecule has 0 aromatic carbocycles. The zero-order valence-electron chi connectivity index (χ0n) is 12.0. The van der Waals surface area contributed by atoms with Crippen LogP contribution in [0.2, 0.25) is 0 Å². The number of carboxylic acids is 1. The molecule has 1 aromatic heterocycles. The molecule has 0 radical (unpaired) electrons. The zero-order valence-corrected chi connectivity index (χ0v) is 12.0. The Balaban J connectivity index is 3.13. The molecule has 6 nitrogen and oxygen atoms in total. The van der Waals surface area contributed by atoms with Gasteiger partial charge in [0.2, 0.25) is 0 Å². The second-order valence-electron chi connectivity index (χ2n) is 4.89. The number of hydrogen-bond donors (Lipinski definition) is 2. The molecule has 1 atom stereocenters. The van der Waals surface area contributed by atoms with Gasteiger partial charge in [0.1, 0.15) is 5.56 Å². The van der Waals surface area contributed by atoms with Gasteiger partial charge >= 0.3 is 5.97 Å². The third-order valence-electron chi connectivity index (χ3n) is 3.14. The molecule has 1 heterocycles. The molecular weight excluding hydrogens is 246 g/mol. The lowest BCUT2D eigenvalue weighted by molar-refractivity contribution is 0.0696. The van der Waals surface area contributed by atoms with Crippen molar-refractivity contribution in [2.75, 3.05) is 19.0 Å². The molecule has 0 fully saturated rings. The number of ether oxygens (including phenoxy) is 1. The van der Waals surface area contributed by atoms with Crippen molar-refractivity contribution in [2.24, 2.45) is 5.92 Å². The Morgan fingerprint density at radius 1 is 1.37 bits per heavy atom. The van der Waals surface area contributed by atoms with Crippen LogP contribution >= 0.6 is 0 Å². The number of carbonyl (C=O) groups is 1. The first kappa shape index (κ1) is 15.4. The Labute approximate surface area is 113 Å². The van der Waals surface area contributed by atoms with E-state index in [4.69, 9.17) is 4.74 Å². The van der Waals surface area contributed by atoms with Crippen LogP contribution in [0.1, 0.15) is 35.5 Å². The molecule has 0 aliphatic heterocycles. The van der Waals surface area contributed by atoms with E-state index < -0.39 is 5.97 Å². The second kappa shape index (κ2) is 6.47. The summed E-state index contributed by atoms with van der Waals surface area (Å²) in [6, 6.07) is -0.0143. The van der Waals surface area contributed by atoms with Gasteiger partial charge in [-0.3, -0.25) is 0 Å². The Kier molecular flexibility index (Phi) is 5.23. The van der Waals surface area contributed by atoms with Crippen LogP contribution in [0.15, 0.2) is 0 Å². The van der Waals surface area contributed by atoms with Crippen molar-refractivity contribution >= 4 is 11.8 Å². The topological polar surface area (TPSA) is 84.3 Å². The average Bonchev–Trinajstić information content (AvgIpc) is 2.32. The Morgan fingerprint density at radius 2 is 2.00 bits per heavy atom. The third-order valence-corrected chi connectivity index (χ3v) is 3.14. The fraction of sp³-hybridized carbons (Fsp3) is 0.615. The molecule has 106 valence electrons. The molecular formula is C13H21N3O3. The van der Waals surface area contributed by atoms with Gasteiger partial charge in [-0.05, 0) is 25.3 Å². The highest BCUT2D eigenvalue weighted by Crippen LogP contribution is 2.20. The number of nitrogens with one attached hydrogen (secondary N) is 1. The smallest absolute Gasteiger partial charge is 0.339 e. The van der Waals surface area contributed by atoms with Crippen LogP contribution < -0.4 is 5.32 Å². The minimum Gasteiger partial charge on any atom is -0.478 e. The quantitative estimate of drug-likeness (QED) is 0.818. The number of nitrogens with zero attached hydrogens (tertiary/aromatic N) is 2. The highest BCUT2D eigenvalue weighted by atomic mass is 16.5. The number of hydrogen-bond acceptors (Lipinski definition) is 5. The Bertz CT molecular complexity index is 461. The lowest BCUT2D eigenvalue weighted by atomic mass is 10.0. The van der Waals surface area contributed by atoms with Crippen LogP contribution in [0.5, 0.6) is 0 Å². The number of rotatable bonds is 6. The van der Waals surface area contributed by atoms with E-state index in [0.717, 1.165) is 0 Å². The van der Waals surface area contributed by atoms with Gasteiger partial charge in [-0.15, -0.1) is 5.10 Å². The second-order valence-corrected chi connectivity index (χ2v) is 4.89. The first-order chi connectivity index (χ1) is 8.88. The number of methoxy groups -OCH3 is 1. The van der Waals surface area contributed by atoms with Gasteiger partial charge in [0.05, 0.1) is 18.3 Å². The number of anilines is 1. The van der Waals surface area contributed by atoms with Crippen LogP contribution in [0.3, 0.4) is 0 Å². The summed E-state index contributed by atoms with van der Waals surface area (Å²) >= 11 is 0. The standard InChI is InChI=1S/C13H21N3O3/c1-7(2)10(6-19-5)14-12-11(13(17)18)8(3)9(4)15-16-12/h7,10H,6H2,1-5H3,(H,14,16)(H,17,18). The molecule has 0 bridgehead atoms. The summed E-state index contributed by atoms with van der Waals surface area (Å²) in [5, 5.41) is 20.4. The third kappa shape index (κ3) is 3.64. The summed E-state index contributed by atoms with van der Waals surface area (Å²) < 4.78 is 5.13. The van der Waals surface area contributed by atoms with Crippen molar-refractivity contribution in [2.45, 2.75) is 33.7 Å². The van der Waals surface area contributed by atoms with Crippen molar-refractivity contribution in [1.29, 1.82) is 0 Å². The van der Waals surface area contributed by atoms with Crippen LogP contribution in [0.4, 0.5) is 5.82 Å². The van der Waals surface area contributed by atoms with Gasteiger partial charge in [0, 0.05) is 7.11 Å². The molecule has 0 spiro atoms. The van der Waals surface area contributed by atoms with Crippen molar-refractivity contribution < 1.29 is 14.6 Å². The van der Waals surface area contributed by atoms with Crippen molar-refractivity contribution in [3.05, 3.63) is 16.8 Å². The maximum absolute atomic E-state index is 11.4. The van der Waals surface area contributed by atoms with Gasteiger partial charge in [0.25, 0.3) is 0 Å². The maximum Gasteiger partial charge on any atom is 0.339 e. The molecule has 0 saturated heterocycles. The van der Waals surface area contributed by atoms with Gasteiger partial charge in [0.15, 0.2) is 5.82 Å². The summed E-state index contributed by atoms with van der Waals surface area (Å²) in [5.74, 6) is -0.422. The molecule has 0 amide bonds. The monoisotopic (exact) mass is 267 g/mol. The first-order valence-corrected chi connectivity index (χ1v) is 6.21. The molecule has 0 saturated carbocycles. The summed E-state index contributed by atoms with van der Waals surface area (Å²) in [6.07, 6.45) is 0. The van der Waals surface area contributed by atoms with E-state index in [-0.39, 0.29) is 17.5 Å². The molecule has 2 N–H and O–H groups in total. The van der Waals surface area contributed by atoms with Gasteiger partial charge in [-0.25, -0.2) is 4.79 Å². The largest absolute Gasteiger partial charge is 0.478 e. The number of carboxylic acid groups (broad SMARTS) is 1. The molecule has 6 heteroatoms. The minimum absolute atomic E-state index is 0.0143. The van der Waals surface area contributed by atoms with Gasteiger partial charge < -0.3 is 15.2 Å². The van der Waals surface area contributed by atoms with E-state index in [1.807, 2.05) is 13.8 Å². The number of aromatic nitrogens is 2. The van der Waals surface area contributed by atoms with Crippen molar-refractivity contribution in [1.82, 2.24) is 10.2 Å². The fourth-order valence-corrected chi connectivity index (χ4v) is 1.73. The average molecular weight is 267 g/mol. The Hall–Kier alpha value is -1.69. The van der Waals surface area contributed by atoms with Gasteiger partial charge in [-0.1, -0.05) is 13.8 Å². The van der Waals surface area contributed by atoms with Crippen molar-refractivity contribution in [3.8, 4) is 0 Å². The maximum atomic E-state index is 11.4. The van der Waals surface area contributed by atoms with E-state index in [1.165, 1.54) is 0 Å². The molecule has 1 unspecified atom stereocenters. The minimum atomic E-state index is -1.00. The number of aryl methyl sites for hydroxylation is 1. The zero-order chi connectivity index (χ0) is 14.6. The van der Waals surface area contributed by atoms with E-state index >= 15 is 0 Å².